The summed E-state index contributed by atoms with van der Waals surface area (Å²) in [4.78, 5) is 23.4. The van der Waals surface area contributed by atoms with E-state index in [9.17, 15) is 9.59 Å². The molecule has 0 saturated heterocycles. The third-order valence-corrected chi connectivity index (χ3v) is 3.13. The van der Waals surface area contributed by atoms with Crippen molar-refractivity contribution in [3.05, 3.63) is 29.8 Å². The highest BCUT2D eigenvalue weighted by Gasteiger charge is 2.22. The minimum absolute atomic E-state index is 0.172. The summed E-state index contributed by atoms with van der Waals surface area (Å²) in [7, 11) is 2.90. The van der Waals surface area contributed by atoms with E-state index >= 15 is 0 Å². The number of carbonyl (C=O) groups is 2. The van der Waals surface area contributed by atoms with E-state index in [1.165, 1.54) is 7.11 Å². The second kappa shape index (κ2) is 8.26. The summed E-state index contributed by atoms with van der Waals surface area (Å²) in [5.41, 5.74) is 6.36. The van der Waals surface area contributed by atoms with Crippen molar-refractivity contribution in [3.8, 4) is 5.75 Å². The van der Waals surface area contributed by atoms with Gasteiger partial charge in [0.05, 0.1) is 26.2 Å². The molecular formula is C15H22N2O4. The second-order valence-electron chi connectivity index (χ2n) is 4.77. The Kier molecular flexibility index (Phi) is 6.68. The van der Waals surface area contributed by atoms with Crippen LogP contribution in [0.1, 0.15) is 12.5 Å². The summed E-state index contributed by atoms with van der Waals surface area (Å²) in [5.74, 6) is -0.478. The average molecular weight is 294 g/mol. The van der Waals surface area contributed by atoms with Crippen LogP contribution in [0.4, 0.5) is 0 Å². The van der Waals surface area contributed by atoms with Crippen molar-refractivity contribution in [2.45, 2.75) is 19.4 Å². The number of esters is 1. The summed E-state index contributed by atoms with van der Waals surface area (Å²) in [6.07, 6.45) is 0.413. The Labute approximate surface area is 124 Å². The van der Waals surface area contributed by atoms with Crippen LogP contribution in [0.5, 0.6) is 5.75 Å². The minimum Gasteiger partial charge on any atom is -0.496 e. The number of amides is 1. The Morgan fingerprint density at radius 3 is 2.52 bits per heavy atom. The summed E-state index contributed by atoms with van der Waals surface area (Å²) in [5, 5.41) is 2.65. The van der Waals surface area contributed by atoms with Gasteiger partial charge < -0.3 is 20.5 Å². The first-order valence-corrected chi connectivity index (χ1v) is 6.72. The number of carbonyl (C=O) groups excluding carboxylic acids is 2. The van der Waals surface area contributed by atoms with Gasteiger partial charge in [0, 0.05) is 6.54 Å². The highest BCUT2D eigenvalue weighted by molar-refractivity contribution is 5.82. The van der Waals surface area contributed by atoms with E-state index in [1.54, 1.807) is 14.0 Å². The molecule has 0 bridgehead atoms. The first-order chi connectivity index (χ1) is 9.99. The van der Waals surface area contributed by atoms with Gasteiger partial charge in [-0.2, -0.15) is 0 Å². The molecular weight excluding hydrogens is 272 g/mol. The van der Waals surface area contributed by atoms with Gasteiger partial charge in [-0.1, -0.05) is 18.2 Å². The normalized spacial score (nSPS) is 13.1. The number of ether oxygens (including phenoxy) is 2. The molecule has 116 valence electrons. The molecule has 6 heteroatoms. The lowest BCUT2D eigenvalue weighted by molar-refractivity contribution is -0.145. The lowest BCUT2D eigenvalue weighted by Gasteiger charge is -2.17. The smallest absolute Gasteiger partial charge is 0.310 e. The Balaban J connectivity index is 2.79. The van der Waals surface area contributed by atoms with Gasteiger partial charge in [-0.15, -0.1) is 0 Å². The van der Waals surface area contributed by atoms with E-state index in [0.717, 1.165) is 5.56 Å². The van der Waals surface area contributed by atoms with Gasteiger partial charge in [-0.3, -0.25) is 9.59 Å². The molecule has 2 atom stereocenters. The third-order valence-electron chi connectivity index (χ3n) is 3.13. The molecule has 0 spiro atoms. The lowest BCUT2D eigenvalue weighted by atomic mass is 9.98. The number of para-hydroxylation sites is 1. The molecule has 2 unspecified atom stereocenters. The monoisotopic (exact) mass is 294 g/mol. The number of rotatable bonds is 7. The van der Waals surface area contributed by atoms with Gasteiger partial charge in [-0.25, -0.2) is 0 Å². The Bertz CT molecular complexity index is 488. The quantitative estimate of drug-likeness (QED) is 0.714. The Hall–Kier alpha value is -2.08. The van der Waals surface area contributed by atoms with E-state index in [4.69, 9.17) is 15.2 Å². The summed E-state index contributed by atoms with van der Waals surface area (Å²) in [6, 6.07) is 6.81. The van der Waals surface area contributed by atoms with Crippen LogP contribution < -0.4 is 15.8 Å². The van der Waals surface area contributed by atoms with Gasteiger partial charge in [0.2, 0.25) is 5.91 Å². The van der Waals surface area contributed by atoms with Gasteiger partial charge in [-0.05, 0) is 25.0 Å². The SMILES string of the molecule is COC(=O)C(CNC(=O)C(C)N)Cc1ccccc1OC. The topological polar surface area (TPSA) is 90.7 Å². The average Bonchev–Trinajstić information content (AvgIpc) is 2.50. The van der Waals surface area contributed by atoms with Crippen molar-refractivity contribution >= 4 is 11.9 Å². The van der Waals surface area contributed by atoms with Crippen LogP contribution in [0.2, 0.25) is 0 Å². The van der Waals surface area contributed by atoms with Crippen LogP contribution in [0.25, 0.3) is 0 Å². The maximum absolute atomic E-state index is 11.9. The van der Waals surface area contributed by atoms with Gasteiger partial charge in [0.1, 0.15) is 5.75 Å². The molecule has 1 rings (SSSR count). The zero-order chi connectivity index (χ0) is 15.8. The first-order valence-electron chi connectivity index (χ1n) is 6.72. The number of nitrogens with one attached hydrogen (secondary N) is 1. The fourth-order valence-corrected chi connectivity index (χ4v) is 1.93. The Morgan fingerprint density at radius 1 is 1.29 bits per heavy atom. The number of hydrogen-bond acceptors (Lipinski definition) is 5. The number of benzene rings is 1. The molecule has 0 aliphatic rings. The molecule has 0 aliphatic heterocycles. The molecule has 0 radical (unpaired) electrons. The summed E-state index contributed by atoms with van der Waals surface area (Å²) < 4.78 is 10.1. The molecule has 0 heterocycles. The van der Waals surface area contributed by atoms with Crippen molar-refractivity contribution in [3.63, 3.8) is 0 Å². The lowest BCUT2D eigenvalue weighted by Crippen LogP contribution is -2.42. The highest BCUT2D eigenvalue weighted by atomic mass is 16.5. The molecule has 0 aliphatic carbocycles. The zero-order valence-electron chi connectivity index (χ0n) is 12.6. The van der Waals surface area contributed by atoms with Crippen LogP contribution in [0.3, 0.4) is 0 Å². The van der Waals surface area contributed by atoms with Gasteiger partial charge in [0.25, 0.3) is 0 Å². The molecule has 0 aromatic heterocycles. The molecule has 0 fully saturated rings. The predicted octanol–water partition coefficient (Wildman–Crippen LogP) is 0.490. The van der Waals surface area contributed by atoms with Crippen molar-refractivity contribution in [1.82, 2.24) is 5.32 Å². The fraction of sp³-hybridized carbons (Fsp3) is 0.467. The van der Waals surface area contributed by atoms with Crippen LogP contribution in [0, 0.1) is 5.92 Å². The number of hydrogen-bond donors (Lipinski definition) is 2. The van der Waals surface area contributed by atoms with Crippen molar-refractivity contribution in [2.24, 2.45) is 11.7 Å². The van der Waals surface area contributed by atoms with Crippen molar-refractivity contribution in [1.29, 1.82) is 0 Å². The van der Waals surface area contributed by atoms with Crippen LogP contribution in [0.15, 0.2) is 24.3 Å². The molecule has 1 amide bonds. The van der Waals surface area contributed by atoms with E-state index in [1.807, 2.05) is 24.3 Å². The molecule has 1 aromatic carbocycles. The second-order valence-corrected chi connectivity index (χ2v) is 4.77. The maximum Gasteiger partial charge on any atom is 0.310 e. The fourth-order valence-electron chi connectivity index (χ4n) is 1.93. The molecule has 3 N–H and O–H groups in total. The van der Waals surface area contributed by atoms with Crippen LogP contribution in [-0.4, -0.2) is 38.7 Å². The number of methoxy groups -OCH3 is 2. The predicted molar refractivity (Wildman–Crippen MR) is 78.9 cm³/mol. The van der Waals surface area contributed by atoms with E-state index < -0.39 is 12.0 Å². The van der Waals surface area contributed by atoms with E-state index in [-0.39, 0.29) is 18.4 Å². The molecule has 21 heavy (non-hydrogen) atoms. The zero-order valence-corrected chi connectivity index (χ0v) is 12.6. The van der Waals surface area contributed by atoms with Crippen molar-refractivity contribution in [2.75, 3.05) is 20.8 Å². The Morgan fingerprint density at radius 2 is 1.95 bits per heavy atom. The van der Waals surface area contributed by atoms with Crippen LogP contribution in [-0.2, 0) is 20.7 Å². The van der Waals surface area contributed by atoms with E-state index in [2.05, 4.69) is 5.32 Å². The van der Waals surface area contributed by atoms with Crippen LogP contribution >= 0.6 is 0 Å². The molecule has 6 nitrogen and oxygen atoms in total. The standard InChI is InChI=1S/C15H22N2O4/c1-10(16)14(18)17-9-12(15(19)21-3)8-11-6-4-5-7-13(11)20-2/h4-7,10,12H,8-9,16H2,1-3H3,(H,17,18). The third kappa shape index (κ3) is 5.07. The summed E-state index contributed by atoms with van der Waals surface area (Å²) in [6.45, 7) is 1.76. The minimum atomic E-state index is -0.616. The van der Waals surface area contributed by atoms with E-state index in [0.29, 0.717) is 12.2 Å². The first kappa shape index (κ1) is 17.0. The van der Waals surface area contributed by atoms with Gasteiger partial charge in [0.15, 0.2) is 0 Å². The number of nitrogens with two attached hydrogens (primary N) is 1. The van der Waals surface area contributed by atoms with Gasteiger partial charge >= 0.3 is 5.97 Å². The largest absolute Gasteiger partial charge is 0.496 e. The maximum atomic E-state index is 11.9. The summed E-state index contributed by atoms with van der Waals surface area (Å²) >= 11 is 0. The highest BCUT2D eigenvalue weighted by Crippen LogP contribution is 2.21. The molecule has 0 saturated carbocycles. The molecule has 1 aromatic rings. The van der Waals surface area contributed by atoms with Crippen molar-refractivity contribution < 1.29 is 19.1 Å².